The van der Waals surface area contributed by atoms with Crippen molar-refractivity contribution in [2.24, 2.45) is 0 Å². The molecule has 3 aromatic carbocycles. The summed E-state index contributed by atoms with van der Waals surface area (Å²) in [5.41, 5.74) is 3.31. The van der Waals surface area contributed by atoms with Gasteiger partial charge in [0.25, 0.3) is 11.7 Å². The Bertz CT molecular complexity index is 1250. The van der Waals surface area contributed by atoms with E-state index < -0.39 is 17.7 Å². The molecular formula is C30H31NO4. The number of nitrogens with zero attached hydrogens (tertiary/aromatic N) is 1. The lowest BCUT2D eigenvalue weighted by Gasteiger charge is -2.26. The van der Waals surface area contributed by atoms with Crippen molar-refractivity contribution in [2.45, 2.75) is 45.7 Å². The maximum absolute atomic E-state index is 13.3. The molecule has 1 unspecified atom stereocenters. The van der Waals surface area contributed by atoms with E-state index >= 15 is 0 Å². The lowest BCUT2D eigenvalue weighted by atomic mass is 9.85. The Kier molecular flexibility index (Phi) is 6.79. The molecule has 0 saturated carbocycles. The summed E-state index contributed by atoms with van der Waals surface area (Å²) in [6.45, 7) is 9.01. The quantitative estimate of drug-likeness (QED) is 0.273. The predicted molar refractivity (Wildman–Crippen MR) is 137 cm³/mol. The van der Waals surface area contributed by atoms with E-state index in [2.05, 4.69) is 20.8 Å². The Balaban J connectivity index is 1.85. The normalized spacial score (nSPS) is 17.6. The Hall–Kier alpha value is -3.86. The van der Waals surface area contributed by atoms with Crippen molar-refractivity contribution >= 4 is 17.4 Å². The first-order valence-corrected chi connectivity index (χ1v) is 11.9. The topological polar surface area (TPSA) is 66.8 Å². The number of carbonyl (C=O) groups excluding carboxylic acids is 2. The predicted octanol–water partition coefficient (Wildman–Crippen LogP) is 6.00. The van der Waals surface area contributed by atoms with E-state index in [0.717, 1.165) is 16.7 Å². The minimum atomic E-state index is -0.708. The Labute approximate surface area is 206 Å². The molecule has 0 bridgehead atoms. The fourth-order valence-electron chi connectivity index (χ4n) is 4.39. The molecule has 1 atom stereocenters. The van der Waals surface area contributed by atoms with Gasteiger partial charge in [0, 0.05) is 12.1 Å². The molecule has 1 aliphatic heterocycles. The van der Waals surface area contributed by atoms with Gasteiger partial charge in [-0.1, -0.05) is 87.5 Å². The summed E-state index contributed by atoms with van der Waals surface area (Å²) < 4.78 is 5.57. The van der Waals surface area contributed by atoms with Crippen LogP contribution in [0.15, 0.2) is 84.4 Å². The lowest BCUT2D eigenvalue weighted by Crippen LogP contribution is -2.29. The van der Waals surface area contributed by atoms with E-state index in [1.165, 1.54) is 0 Å². The van der Waals surface area contributed by atoms with Gasteiger partial charge in [-0.2, -0.15) is 0 Å². The number of aliphatic hydroxyl groups is 1. The van der Waals surface area contributed by atoms with Crippen LogP contribution in [0.4, 0.5) is 0 Å². The maximum Gasteiger partial charge on any atom is 0.295 e. The van der Waals surface area contributed by atoms with Crippen molar-refractivity contribution < 1.29 is 19.4 Å². The minimum absolute atomic E-state index is 0.0376. The van der Waals surface area contributed by atoms with Gasteiger partial charge in [0.05, 0.1) is 18.2 Å². The fourth-order valence-corrected chi connectivity index (χ4v) is 4.39. The molecule has 1 heterocycles. The number of hydrogen-bond donors (Lipinski definition) is 1. The van der Waals surface area contributed by atoms with Gasteiger partial charge in [-0.3, -0.25) is 9.59 Å². The van der Waals surface area contributed by atoms with Crippen LogP contribution in [0.1, 0.15) is 56.0 Å². The molecule has 180 valence electrons. The van der Waals surface area contributed by atoms with E-state index in [1.807, 2.05) is 61.5 Å². The van der Waals surface area contributed by atoms with Crippen molar-refractivity contribution in [3.05, 3.63) is 107 Å². The number of benzene rings is 3. The number of ether oxygens (including phenoxy) is 1. The molecule has 0 radical (unpaired) electrons. The van der Waals surface area contributed by atoms with E-state index in [9.17, 15) is 14.7 Å². The Morgan fingerprint density at radius 2 is 1.63 bits per heavy atom. The average molecular weight is 470 g/mol. The zero-order chi connectivity index (χ0) is 25.2. The van der Waals surface area contributed by atoms with E-state index in [0.29, 0.717) is 17.9 Å². The number of Topliss-reactive ketones (excluding diaryl/α,β-unsaturated/α-hetero) is 1. The molecule has 4 rings (SSSR count). The zero-order valence-corrected chi connectivity index (χ0v) is 20.6. The van der Waals surface area contributed by atoms with Gasteiger partial charge in [-0.25, -0.2) is 0 Å². The number of rotatable bonds is 6. The number of amides is 1. The SMILES string of the molecule is CCOc1cccc(C(O)=C2C(=O)C(=O)N(Cc3ccccc3)C2c2ccc(C(C)(C)C)cc2)c1. The number of carbonyl (C=O) groups is 2. The Morgan fingerprint density at radius 1 is 0.943 bits per heavy atom. The number of likely N-dealkylation sites (tertiary alicyclic amines) is 1. The van der Waals surface area contributed by atoms with Gasteiger partial charge in [0.2, 0.25) is 0 Å². The fraction of sp³-hybridized carbons (Fsp3) is 0.267. The van der Waals surface area contributed by atoms with Gasteiger partial charge in [-0.15, -0.1) is 0 Å². The van der Waals surface area contributed by atoms with Gasteiger partial charge in [0.15, 0.2) is 0 Å². The van der Waals surface area contributed by atoms with Crippen molar-refractivity contribution in [3.8, 4) is 5.75 Å². The monoisotopic (exact) mass is 469 g/mol. The van der Waals surface area contributed by atoms with Crippen molar-refractivity contribution in [3.63, 3.8) is 0 Å². The first-order chi connectivity index (χ1) is 16.7. The second kappa shape index (κ2) is 9.79. The maximum atomic E-state index is 13.3. The summed E-state index contributed by atoms with van der Waals surface area (Å²) in [4.78, 5) is 28.1. The molecule has 0 aliphatic carbocycles. The first-order valence-electron chi connectivity index (χ1n) is 11.9. The van der Waals surface area contributed by atoms with Gasteiger partial charge < -0.3 is 14.7 Å². The molecule has 0 spiro atoms. The van der Waals surface area contributed by atoms with Gasteiger partial charge >= 0.3 is 0 Å². The largest absolute Gasteiger partial charge is 0.507 e. The lowest BCUT2D eigenvalue weighted by molar-refractivity contribution is -0.140. The van der Waals surface area contributed by atoms with Crippen LogP contribution >= 0.6 is 0 Å². The van der Waals surface area contributed by atoms with Crippen LogP contribution in [0.25, 0.3) is 5.76 Å². The molecule has 1 fully saturated rings. The molecule has 1 amide bonds. The highest BCUT2D eigenvalue weighted by molar-refractivity contribution is 6.46. The van der Waals surface area contributed by atoms with Crippen LogP contribution in [0.5, 0.6) is 5.75 Å². The van der Waals surface area contributed by atoms with Crippen molar-refractivity contribution in [1.82, 2.24) is 4.90 Å². The molecule has 1 N–H and O–H groups in total. The molecule has 5 nitrogen and oxygen atoms in total. The van der Waals surface area contributed by atoms with Crippen LogP contribution in [-0.4, -0.2) is 28.3 Å². The molecule has 0 aromatic heterocycles. The van der Waals surface area contributed by atoms with Crippen LogP contribution < -0.4 is 4.74 Å². The highest BCUT2D eigenvalue weighted by Crippen LogP contribution is 2.41. The van der Waals surface area contributed by atoms with Gasteiger partial charge in [-0.05, 0) is 41.2 Å². The van der Waals surface area contributed by atoms with Gasteiger partial charge in [0.1, 0.15) is 11.5 Å². The third-order valence-corrected chi connectivity index (χ3v) is 6.25. The minimum Gasteiger partial charge on any atom is -0.507 e. The van der Waals surface area contributed by atoms with E-state index in [-0.39, 0.29) is 23.3 Å². The first kappa shape index (κ1) is 24.3. The summed E-state index contributed by atoms with van der Waals surface area (Å²) in [6, 6.07) is 23.7. The zero-order valence-electron chi connectivity index (χ0n) is 20.6. The Morgan fingerprint density at radius 3 is 2.26 bits per heavy atom. The van der Waals surface area contributed by atoms with E-state index in [4.69, 9.17) is 4.74 Å². The third kappa shape index (κ3) is 4.99. The molecular weight excluding hydrogens is 438 g/mol. The van der Waals surface area contributed by atoms with E-state index in [1.54, 1.807) is 29.2 Å². The second-order valence-corrected chi connectivity index (χ2v) is 9.75. The van der Waals surface area contributed by atoms with Crippen LogP contribution in [0, 0.1) is 0 Å². The molecule has 35 heavy (non-hydrogen) atoms. The average Bonchev–Trinajstić information content (AvgIpc) is 3.09. The standard InChI is InChI=1S/C30H31NO4/c1-5-35-24-13-9-12-22(18-24)27(32)25-26(21-14-16-23(17-15-21)30(2,3)4)31(29(34)28(25)33)19-20-10-7-6-8-11-20/h6-18,26,32H,5,19H2,1-4H3. The van der Waals surface area contributed by atoms with Crippen LogP contribution in [-0.2, 0) is 21.5 Å². The summed E-state index contributed by atoms with van der Waals surface area (Å²) in [7, 11) is 0. The molecule has 5 heteroatoms. The molecule has 1 saturated heterocycles. The number of hydrogen-bond acceptors (Lipinski definition) is 4. The molecule has 3 aromatic rings. The highest BCUT2D eigenvalue weighted by Gasteiger charge is 2.46. The van der Waals surface area contributed by atoms with Crippen molar-refractivity contribution in [1.29, 1.82) is 0 Å². The second-order valence-electron chi connectivity index (χ2n) is 9.75. The van der Waals surface area contributed by atoms with Crippen LogP contribution in [0.3, 0.4) is 0 Å². The van der Waals surface area contributed by atoms with Crippen LogP contribution in [0.2, 0.25) is 0 Å². The highest BCUT2D eigenvalue weighted by atomic mass is 16.5. The summed E-state index contributed by atoms with van der Waals surface area (Å²) in [5, 5.41) is 11.3. The summed E-state index contributed by atoms with van der Waals surface area (Å²) in [6.07, 6.45) is 0. The van der Waals surface area contributed by atoms with Crippen molar-refractivity contribution in [2.75, 3.05) is 6.61 Å². The third-order valence-electron chi connectivity index (χ3n) is 6.25. The number of aliphatic hydroxyl groups excluding tert-OH is 1. The summed E-state index contributed by atoms with van der Waals surface area (Å²) in [5.74, 6) is -0.932. The number of ketones is 1. The molecule has 1 aliphatic rings. The smallest absolute Gasteiger partial charge is 0.295 e. The summed E-state index contributed by atoms with van der Waals surface area (Å²) >= 11 is 0.